The monoisotopic (exact) mass is 978 g/mol. The number of hydrogen-bond acceptors (Lipinski definition) is 10. The number of amides is 8. The molecule has 14 N–H and O–H groups in total. The number of benzene rings is 3. The van der Waals surface area contributed by atoms with E-state index in [0.717, 1.165) is 24.8 Å². The van der Waals surface area contributed by atoms with Crippen LogP contribution in [0.25, 0.3) is 0 Å². The van der Waals surface area contributed by atoms with Crippen LogP contribution in [-0.2, 0) is 57.6 Å². The highest BCUT2D eigenvalue weighted by molar-refractivity contribution is 5.97. The topological polar surface area (TPSA) is 331 Å². The van der Waals surface area contributed by atoms with Gasteiger partial charge in [0.05, 0.1) is 19.7 Å². The van der Waals surface area contributed by atoms with Crippen molar-refractivity contribution in [3.63, 3.8) is 0 Å². The highest BCUT2D eigenvalue weighted by atomic mass is 16.3. The number of nitrogens with two attached hydrogens (primary N) is 3. The molecule has 71 heavy (non-hydrogen) atoms. The Morgan fingerprint density at radius 2 is 0.944 bits per heavy atom. The second-order valence-corrected chi connectivity index (χ2v) is 19.1. The number of guanidine groups is 1. The number of carbonyl (C=O) groups excluding carboxylic acids is 8. The maximum Gasteiger partial charge on any atom is 0.245 e. The van der Waals surface area contributed by atoms with Crippen LogP contribution in [0.2, 0.25) is 0 Å². The molecular formula is C51H67N11O9. The molecule has 0 radical (unpaired) electrons. The minimum atomic E-state index is -1.63. The first-order chi connectivity index (χ1) is 34.1. The maximum absolute atomic E-state index is 14.2. The van der Waals surface area contributed by atoms with Gasteiger partial charge in [-0.15, -0.1) is 0 Å². The van der Waals surface area contributed by atoms with Gasteiger partial charge in [0.25, 0.3) is 0 Å². The second kappa shape index (κ2) is 25.5. The molecule has 20 heteroatoms. The van der Waals surface area contributed by atoms with Gasteiger partial charge in [0.2, 0.25) is 47.3 Å². The van der Waals surface area contributed by atoms with Crippen LogP contribution in [0.4, 0.5) is 0 Å². The lowest BCUT2D eigenvalue weighted by molar-refractivity contribution is -0.147. The number of aliphatic hydroxyl groups excluding tert-OH is 1. The van der Waals surface area contributed by atoms with Crippen LogP contribution in [0.15, 0.2) is 96.0 Å². The first-order valence-electron chi connectivity index (χ1n) is 24.2. The van der Waals surface area contributed by atoms with Gasteiger partial charge in [-0.05, 0) is 85.8 Å². The van der Waals surface area contributed by atoms with Crippen molar-refractivity contribution >= 4 is 53.2 Å². The van der Waals surface area contributed by atoms with Crippen LogP contribution in [0.1, 0.15) is 68.1 Å². The molecule has 4 bridgehead atoms. The summed E-state index contributed by atoms with van der Waals surface area (Å²) >= 11 is 0. The second-order valence-electron chi connectivity index (χ2n) is 19.1. The average Bonchev–Trinajstić information content (AvgIpc) is 3.34. The minimum absolute atomic E-state index is 0.00291. The molecular weight excluding hydrogens is 911 g/mol. The summed E-state index contributed by atoms with van der Waals surface area (Å²) in [5, 5.41) is 28.8. The van der Waals surface area contributed by atoms with Gasteiger partial charge in [-0.3, -0.25) is 43.3 Å². The summed E-state index contributed by atoms with van der Waals surface area (Å²) in [4.78, 5) is 112. The van der Waals surface area contributed by atoms with Crippen molar-refractivity contribution in [1.29, 1.82) is 0 Å². The molecule has 380 valence electrons. The fourth-order valence-corrected chi connectivity index (χ4v) is 10.5. The number of aliphatic imine (C=N–C) groups is 1. The largest absolute Gasteiger partial charge is 0.394 e. The number of hydrogen-bond donors (Lipinski definition) is 11. The summed E-state index contributed by atoms with van der Waals surface area (Å²) in [5.74, 6) is -4.14. The van der Waals surface area contributed by atoms with Crippen LogP contribution in [0.3, 0.4) is 0 Å². The van der Waals surface area contributed by atoms with E-state index in [2.05, 4.69) is 42.2 Å². The fourth-order valence-electron chi connectivity index (χ4n) is 10.5. The van der Waals surface area contributed by atoms with Crippen molar-refractivity contribution < 1.29 is 43.5 Å². The quantitative estimate of drug-likeness (QED) is 0.0267. The summed E-state index contributed by atoms with van der Waals surface area (Å²) < 4.78 is 0. The van der Waals surface area contributed by atoms with Gasteiger partial charge in [-0.2, -0.15) is 0 Å². The molecule has 0 spiro atoms. The molecule has 20 nitrogen and oxygen atoms in total. The fraction of sp³-hybridized carbons (Fsp3) is 0.471. The summed E-state index contributed by atoms with van der Waals surface area (Å²) in [6.07, 6.45) is 6.18. The van der Waals surface area contributed by atoms with Crippen molar-refractivity contribution in [2.24, 2.45) is 45.4 Å². The summed E-state index contributed by atoms with van der Waals surface area (Å²) in [6.45, 7) is -1.64. The molecule has 4 fully saturated rings. The van der Waals surface area contributed by atoms with E-state index in [-0.39, 0.29) is 57.1 Å². The predicted octanol–water partition coefficient (Wildman–Crippen LogP) is -0.881. The minimum Gasteiger partial charge on any atom is -0.394 e. The van der Waals surface area contributed by atoms with Crippen molar-refractivity contribution in [3.05, 3.63) is 108 Å². The van der Waals surface area contributed by atoms with Crippen molar-refractivity contribution in [1.82, 2.24) is 37.2 Å². The molecule has 0 unspecified atom stereocenters. The predicted molar refractivity (Wildman–Crippen MR) is 263 cm³/mol. The lowest BCUT2D eigenvalue weighted by Crippen LogP contribution is -2.60. The van der Waals surface area contributed by atoms with Gasteiger partial charge in [-0.1, -0.05) is 91.0 Å². The first kappa shape index (κ1) is 53.0. The Bertz CT molecular complexity index is 2330. The molecule has 0 saturated heterocycles. The number of rotatable bonds is 26. The van der Waals surface area contributed by atoms with Crippen molar-refractivity contribution in [2.75, 3.05) is 26.2 Å². The zero-order chi connectivity index (χ0) is 50.9. The molecule has 5 atom stereocenters. The van der Waals surface area contributed by atoms with Gasteiger partial charge in [0.15, 0.2) is 5.96 Å². The molecule has 3 aromatic rings. The smallest absolute Gasteiger partial charge is 0.245 e. The zero-order valence-corrected chi connectivity index (χ0v) is 39.8. The van der Waals surface area contributed by atoms with Gasteiger partial charge < -0.3 is 59.5 Å². The normalized spacial score (nSPS) is 20.6. The maximum atomic E-state index is 14.2. The lowest BCUT2D eigenvalue weighted by Gasteiger charge is -2.55. The number of nitrogens with zero attached hydrogens (tertiary/aromatic N) is 1. The average molecular weight is 978 g/mol. The molecule has 0 heterocycles. The van der Waals surface area contributed by atoms with Gasteiger partial charge in [-0.25, -0.2) is 0 Å². The molecule has 8 amide bonds. The van der Waals surface area contributed by atoms with E-state index in [0.29, 0.717) is 28.9 Å². The summed E-state index contributed by atoms with van der Waals surface area (Å²) in [5.41, 5.74) is 18.2. The van der Waals surface area contributed by atoms with Crippen LogP contribution in [0.5, 0.6) is 0 Å². The molecule has 4 aliphatic carbocycles. The highest BCUT2D eigenvalue weighted by Crippen LogP contribution is 2.60. The van der Waals surface area contributed by atoms with Crippen LogP contribution < -0.4 is 54.4 Å². The van der Waals surface area contributed by atoms with Crippen LogP contribution in [-0.4, -0.2) is 115 Å². The lowest BCUT2D eigenvalue weighted by atomic mass is 9.49. The zero-order valence-electron chi connectivity index (χ0n) is 39.8. The first-order valence-corrected chi connectivity index (χ1v) is 24.2. The number of primary amides is 1. The SMILES string of the molecule is NC(=O)[C@H](Cc1ccccc1)NC(=O)[C@H](CCCN=C(N)N)NC(=O)[C@H](Cc1ccccc1)NC(=O)[C@H](CO)NC(=O)[C@H](Cc1ccccc1)NC(=O)CNC(=O)CNC(=O)C12CC3CC(CC(C3)C1)C2. The van der Waals surface area contributed by atoms with Gasteiger partial charge in [0, 0.05) is 31.2 Å². The number of aliphatic hydroxyl groups is 1. The molecule has 0 aromatic heterocycles. The number of carbonyl (C=O) groups is 8. The Balaban J connectivity index is 1.09. The molecule has 4 saturated carbocycles. The van der Waals surface area contributed by atoms with E-state index in [1.165, 1.54) is 19.3 Å². The third kappa shape index (κ3) is 15.8. The number of nitrogens with one attached hydrogen (secondary N) is 7. The molecule has 3 aromatic carbocycles. The Morgan fingerprint density at radius 3 is 1.42 bits per heavy atom. The van der Waals surface area contributed by atoms with E-state index in [1.807, 2.05) is 0 Å². The Hall–Kier alpha value is -7.35. The van der Waals surface area contributed by atoms with Crippen LogP contribution in [0, 0.1) is 23.2 Å². The van der Waals surface area contributed by atoms with Crippen molar-refractivity contribution in [2.45, 2.75) is 101 Å². The van der Waals surface area contributed by atoms with E-state index in [4.69, 9.17) is 17.2 Å². The van der Waals surface area contributed by atoms with Crippen LogP contribution >= 0.6 is 0 Å². The summed E-state index contributed by atoms with van der Waals surface area (Å²) in [7, 11) is 0. The standard InChI is InChI=1S/C51H67N11O9/c52-44(66)38(22-31-11-4-1-5-12-31)60-45(67)37(17-10-18-55-50(53)54)59-47(69)40(24-33-15-8-3-9-16-33)61-48(70)41(30-63)62-46(68)39(23-32-13-6-2-7-14-32)58-43(65)29-56-42(64)28-57-49(71)51-25-34-19-35(26-51)21-36(20-34)27-51/h1-9,11-16,34-41,63H,10,17-30H2,(H2,52,66)(H,56,64)(H,57,71)(H,58,65)(H,59,69)(H,60,67)(H,61,70)(H,62,68)(H4,53,54,55)/t34?,35?,36?,37-,38-,39-,40-,41-,51?/m0/s1. The van der Waals surface area contributed by atoms with Crippen molar-refractivity contribution in [3.8, 4) is 0 Å². The highest BCUT2D eigenvalue weighted by Gasteiger charge is 2.54. The Kier molecular flexibility index (Phi) is 19.0. The van der Waals surface area contributed by atoms with Gasteiger partial charge in [0.1, 0.15) is 30.2 Å². The molecule has 4 aliphatic rings. The molecule has 0 aliphatic heterocycles. The molecule has 7 rings (SSSR count). The Labute approximate surface area is 412 Å². The van der Waals surface area contributed by atoms with E-state index in [1.54, 1.807) is 91.0 Å². The Morgan fingerprint density at radius 1 is 0.535 bits per heavy atom. The third-order valence-corrected chi connectivity index (χ3v) is 13.6. The van der Waals surface area contributed by atoms with E-state index >= 15 is 0 Å². The van der Waals surface area contributed by atoms with E-state index < -0.39 is 90.1 Å². The summed E-state index contributed by atoms with van der Waals surface area (Å²) in [6, 6.07) is 19.5. The van der Waals surface area contributed by atoms with Gasteiger partial charge >= 0.3 is 0 Å². The third-order valence-electron chi connectivity index (χ3n) is 13.6. The van der Waals surface area contributed by atoms with E-state index in [9.17, 15) is 43.5 Å².